The molecule has 1 saturated heterocycles. The van der Waals surface area contributed by atoms with Gasteiger partial charge in [0.1, 0.15) is 0 Å². The molecule has 0 saturated carbocycles. The fourth-order valence-electron chi connectivity index (χ4n) is 2.66. The molecule has 0 aliphatic carbocycles. The molecule has 0 bridgehead atoms. The summed E-state index contributed by atoms with van der Waals surface area (Å²) in [5.41, 5.74) is -0.330. The van der Waals surface area contributed by atoms with Crippen LogP contribution in [-0.2, 0) is 4.74 Å². The fourth-order valence-corrected chi connectivity index (χ4v) is 3.56. The number of aliphatic hydroxyl groups excluding tert-OH is 1. The minimum absolute atomic E-state index is 0.110. The third kappa shape index (κ3) is 4.46. The van der Waals surface area contributed by atoms with Gasteiger partial charge >= 0.3 is 0 Å². The van der Waals surface area contributed by atoms with Crippen molar-refractivity contribution in [3.8, 4) is 0 Å². The maximum absolute atomic E-state index is 10.4. The van der Waals surface area contributed by atoms with Crippen molar-refractivity contribution >= 4 is 11.8 Å². The third-order valence-electron chi connectivity index (χ3n) is 3.30. The van der Waals surface area contributed by atoms with Crippen LogP contribution in [0, 0.1) is 5.92 Å². The molecule has 1 aliphatic heterocycles. The largest absolute Gasteiger partial charge is 0.392 e. The number of ether oxygens (including phenoxy) is 1. The van der Waals surface area contributed by atoms with Crippen molar-refractivity contribution in [1.29, 1.82) is 0 Å². The SMILES string of the molecule is CC1(C)CC(C(O)CSC(C)(C)C)C(C)(C)O1. The molecule has 0 aromatic carbocycles. The predicted octanol–water partition coefficient (Wildman–Crippen LogP) is 3.47. The summed E-state index contributed by atoms with van der Waals surface area (Å²) in [5.74, 6) is 1.02. The summed E-state index contributed by atoms with van der Waals surface area (Å²) in [6, 6.07) is 0. The molecule has 102 valence electrons. The molecular weight excluding hydrogens is 232 g/mol. The molecule has 0 aromatic heterocycles. The first-order chi connectivity index (χ1) is 7.43. The molecule has 2 atom stereocenters. The molecule has 0 aromatic rings. The van der Waals surface area contributed by atoms with Gasteiger partial charge in [-0.1, -0.05) is 20.8 Å². The molecule has 1 N–H and O–H groups in total. The fraction of sp³-hybridized carbons (Fsp3) is 1.00. The summed E-state index contributed by atoms with van der Waals surface area (Å²) >= 11 is 1.82. The van der Waals surface area contributed by atoms with E-state index in [1.54, 1.807) is 0 Å². The lowest BCUT2D eigenvalue weighted by Gasteiger charge is -2.31. The van der Waals surface area contributed by atoms with E-state index in [0.717, 1.165) is 12.2 Å². The highest BCUT2D eigenvalue weighted by molar-refractivity contribution is 8.00. The molecule has 17 heavy (non-hydrogen) atoms. The van der Waals surface area contributed by atoms with Gasteiger partial charge in [-0.05, 0) is 34.1 Å². The highest BCUT2D eigenvalue weighted by atomic mass is 32.2. The van der Waals surface area contributed by atoms with Crippen molar-refractivity contribution in [1.82, 2.24) is 0 Å². The van der Waals surface area contributed by atoms with Gasteiger partial charge in [-0.25, -0.2) is 0 Å². The van der Waals surface area contributed by atoms with Crippen LogP contribution in [-0.4, -0.2) is 32.9 Å². The zero-order chi connectivity index (χ0) is 13.5. The summed E-state index contributed by atoms with van der Waals surface area (Å²) < 4.78 is 6.24. The van der Waals surface area contributed by atoms with E-state index >= 15 is 0 Å². The van der Waals surface area contributed by atoms with Crippen LogP contribution in [0.1, 0.15) is 54.9 Å². The molecule has 1 heterocycles. The van der Waals surface area contributed by atoms with E-state index < -0.39 is 0 Å². The number of thioether (sulfide) groups is 1. The van der Waals surface area contributed by atoms with Crippen LogP contribution in [0.4, 0.5) is 0 Å². The first kappa shape index (κ1) is 15.3. The standard InChI is InChI=1S/C14H28O2S/c1-12(2,3)17-9-11(15)10-8-13(4,5)16-14(10,6)7/h10-11,15H,8-9H2,1-7H3. The van der Waals surface area contributed by atoms with Gasteiger partial charge in [0.25, 0.3) is 0 Å². The van der Waals surface area contributed by atoms with Crippen molar-refractivity contribution < 1.29 is 9.84 Å². The first-order valence-electron chi connectivity index (χ1n) is 6.45. The summed E-state index contributed by atoms with van der Waals surface area (Å²) in [7, 11) is 0. The van der Waals surface area contributed by atoms with E-state index in [0.29, 0.717) is 0 Å². The van der Waals surface area contributed by atoms with E-state index in [4.69, 9.17) is 4.74 Å². The summed E-state index contributed by atoms with van der Waals surface area (Å²) in [6.45, 7) is 15.0. The molecule has 0 amide bonds. The maximum Gasteiger partial charge on any atom is 0.0687 e. The minimum Gasteiger partial charge on any atom is -0.392 e. The molecule has 3 heteroatoms. The third-order valence-corrected chi connectivity index (χ3v) is 4.67. The second-order valence-electron chi connectivity index (χ2n) is 7.27. The van der Waals surface area contributed by atoms with Crippen LogP contribution in [0.2, 0.25) is 0 Å². The predicted molar refractivity (Wildman–Crippen MR) is 75.6 cm³/mol. The van der Waals surface area contributed by atoms with Gasteiger partial charge in [0.2, 0.25) is 0 Å². The van der Waals surface area contributed by atoms with Crippen molar-refractivity contribution in [2.24, 2.45) is 5.92 Å². The van der Waals surface area contributed by atoms with Gasteiger partial charge in [-0.3, -0.25) is 0 Å². The summed E-state index contributed by atoms with van der Waals surface area (Å²) in [6.07, 6.45) is 0.655. The van der Waals surface area contributed by atoms with E-state index in [1.165, 1.54) is 0 Å². The Morgan fingerprint density at radius 1 is 1.29 bits per heavy atom. The zero-order valence-corrected chi connectivity index (χ0v) is 13.1. The highest BCUT2D eigenvalue weighted by Gasteiger charge is 2.48. The smallest absolute Gasteiger partial charge is 0.0687 e. The summed E-state index contributed by atoms with van der Waals surface area (Å²) in [5, 5.41) is 10.4. The number of aliphatic hydroxyl groups is 1. The lowest BCUT2D eigenvalue weighted by atomic mass is 9.84. The molecule has 0 spiro atoms. The van der Waals surface area contributed by atoms with Crippen LogP contribution in [0.5, 0.6) is 0 Å². The van der Waals surface area contributed by atoms with Crippen LogP contribution in [0.3, 0.4) is 0 Å². The van der Waals surface area contributed by atoms with Crippen molar-refractivity contribution in [3.63, 3.8) is 0 Å². The van der Waals surface area contributed by atoms with Crippen molar-refractivity contribution in [2.75, 3.05) is 5.75 Å². The average Bonchev–Trinajstić information content (AvgIpc) is 2.29. The second-order valence-corrected chi connectivity index (χ2v) is 9.11. The van der Waals surface area contributed by atoms with Gasteiger partial charge in [-0.2, -0.15) is 11.8 Å². The highest BCUT2D eigenvalue weighted by Crippen LogP contribution is 2.44. The Balaban J connectivity index is 2.61. The Morgan fingerprint density at radius 2 is 1.82 bits per heavy atom. The topological polar surface area (TPSA) is 29.5 Å². The Kier molecular flexibility index (Phi) is 4.28. The van der Waals surface area contributed by atoms with Gasteiger partial charge in [0.15, 0.2) is 0 Å². The van der Waals surface area contributed by atoms with Gasteiger partial charge in [-0.15, -0.1) is 0 Å². The molecule has 0 radical (unpaired) electrons. The van der Waals surface area contributed by atoms with Crippen LogP contribution in [0.25, 0.3) is 0 Å². The molecule has 1 fully saturated rings. The number of hydrogen-bond donors (Lipinski definition) is 1. The Hall–Kier alpha value is 0.270. The van der Waals surface area contributed by atoms with E-state index in [-0.39, 0.29) is 28.0 Å². The number of rotatable bonds is 3. The Morgan fingerprint density at radius 3 is 2.18 bits per heavy atom. The minimum atomic E-state index is -0.281. The van der Waals surface area contributed by atoms with Gasteiger partial charge in [0, 0.05) is 16.4 Å². The monoisotopic (exact) mass is 260 g/mol. The second kappa shape index (κ2) is 4.75. The van der Waals surface area contributed by atoms with Crippen molar-refractivity contribution in [2.45, 2.75) is 76.9 Å². The Bertz CT molecular complexity index is 266. The molecular formula is C14H28O2S. The first-order valence-corrected chi connectivity index (χ1v) is 7.44. The molecule has 1 aliphatic rings. The van der Waals surface area contributed by atoms with Crippen LogP contribution >= 0.6 is 11.8 Å². The average molecular weight is 260 g/mol. The van der Waals surface area contributed by atoms with Crippen LogP contribution in [0.15, 0.2) is 0 Å². The van der Waals surface area contributed by atoms with Gasteiger partial charge in [0.05, 0.1) is 17.3 Å². The molecule has 2 nitrogen and oxygen atoms in total. The van der Waals surface area contributed by atoms with E-state index in [2.05, 4.69) is 48.5 Å². The quantitative estimate of drug-likeness (QED) is 0.842. The van der Waals surface area contributed by atoms with Gasteiger partial charge < -0.3 is 9.84 Å². The lowest BCUT2D eigenvalue weighted by molar-refractivity contribution is -0.0853. The molecule has 1 rings (SSSR count). The van der Waals surface area contributed by atoms with E-state index in [9.17, 15) is 5.11 Å². The van der Waals surface area contributed by atoms with Crippen LogP contribution < -0.4 is 0 Å². The lowest BCUT2D eigenvalue weighted by Crippen LogP contribution is -2.38. The van der Waals surface area contributed by atoms with Crippen molar-refractivity contribution in [3.05, 3.63) is 0 Å². The normalized spacial score (nSPS) is 29.3. The number of hydrogen-bond acceptors (Lipinski definition) is 3. The molecule has 2 unspecified atom stereocenters. The summed E-state index contributed by atoms with van der Waals surface area (Å²) in [4.78, 5) is 0. The maximum atomic E-state index is 10.4. The zero-order valence-electron chi connectivity index (χ0n) is 12.3. The van der Waals surface area contributed by atoms with E-state index in [1.807, 2.05) is 11.8 Å². The Labute approximate surface area is 111 Å².